The molecule has 1 aliphatic rings. The van der Waals surface area contributed by atoms with Crippen molar-refractivity contribution in [2.24, 2.45) is 0 Å². The summed E-state index contributed by atoms with van der Waals surface area (Å²) < 4.78 is 18.2. The summed E-state index contributed by atoms with van der Waals surface area (Å²) in [6.07, 6.45) is 5.93. The molecule has 0 bridgehead atoms. The van der Waals surface area contributed by atoms with Crippen LogP contribution in [0.25, 0.3) is 16.6 Å². The number of aromatic nitrogens is 2. The third kappa shape index (κ3) is 3.54. The monoisotopic (exact) mass is 404 g/mol. The lowest BCUT2D eigenvalue weighted by atomic mass is 9.96. The van der Waals surface area contributed by atoms with Crippen LogP contribution in [-0.4, -0.2) is 22.0 Å². The van der Waals surface area contributed by atoms with Crippen LogP contribution < -0.4 is 10.3 Å². The van der Waals surface area contributed by atoms with Crippen LogP contribution in [0.3, 0.4) is 0 Å². The summed E-state index contributed by atoms with van der Waals surface area (Å²) >= 11 is 0. The van der Waals surface area contributed by atoms with E-state index in [1.807, 2.05) is 12.1 Å². The molecule has 0 amide bonds. The molecule has 30 heavy (non-hydrogen) atoms. The quantitative estimate of drug-likeness (QED) is 0.474. The molecular formula is C23H20N2O5. The van der Waals surface area contributed by atoms with Crippen LogP contribution in [0.4, 0.5) is 0 Å². The average Bonchev–Trinajstić information content (AvgIpc) is 3.14. The molecule has 5 rings (SSSR count). The second-order valence-electron chi connectivity index (χ2n) is 7.33. The Morgan fingerprint density at radius 2 is 2.03 bits per heavy atom. The molecule has 0 saturated heterocycles. The first-order valence-electron chi connectivity index (χ1n) is 9.97. The Hall–Kier alpha value is -3.61. The van der Waals surface area contributed by atoms with Crippen LogP contribution in [0.5, 0.6) is 5.75 Å². The number of aryl methyl sites for hydroxylation is 2. The highest BCUT2D eigenvalue weighted by molar-refractivity contribution is 5.84. The van der Waals surface area contributed by atoms with E-state index in [9.17, 15) is 9.59 Å². The smallest absolute Gasteiger partial charge is 0.344 e. The van der Waals surface area contributed by atoms with Crippen molar-refractivity contribution in [2.75, 3.05) is 6.61 Å². The van der Waals surface area contributed by atoms with E-state index >= 15 is 0 Å². The molecule has 0 spiro atoms. The lowest BCUT2D eigenvalue weighted by molar-refractivity contribution is -0.147. The Kier molecular flexibility index (Phi) is 4.71. The fourth-order valence-corrected chi connectivity index (χ4v) is 3.85. The zero-order valence-corrected chi connectivity index (χ0v) is 16.3. The first-order valence-corrected chi connectivity index (χ1v) is 9.97. The fraction of sp³-hybridized carbons (Fsp3) is 0.261. The van der Waals surface area contributed by atoms with Gasteiger partial charge < -0.3 is 13.9 Å². The molecule has 0 radical (unpaired) electrons. The van der Waals surface area contributed by atoms with Crippen molar-refractivity contribution in [3.05, 3.63) is 76.0 Å². The van der Waals surface area contributed by atoms with E-state index < -0.39 is 5.97 Å². The van der Waals surface area contributed by atoms with Gasteiger partial charge in [-0.15, -0.1) is 0 Å². The van der Waals surface area contributed by atoms with Crippen LogP contribution in [0.15, 0.2) is 57.9 Å². The Morgan fingerprint density at radius 3 is 2.97 bits per heavy atom. The van der Waals surface area contributed by atoms with Crippen molar-refractivity contribution in [1.29, 1.82) is 0 Å². The molecule has 7 nitrogen and oxygen atoms in total. The Balaban J connectivity index is 1.23. The molecule has 152 valence electrons. The van der Waals surface area contributed by atoms with Crippen molar-refractivity contribution in [2.45, 2.75) is 32.3 Å². The molecular weight excluding hydrogens is 384 g/mol. The molecule has 0 atom stereocenters. The van der Waals surface area contributed by atoms with E-state index in [1.54, 1.807) is 30.5 Å². The summed E-state index contributed by atoms with van der Waals surface area (Å²) in [4.78, 5) is 28.5. The maximum atomic E-state index is 12.1. The standard InChI is InChI=1S/C23H20N2O5/c26-22-11-15(24-21-7-3-4-10-25(21)22)13-29-23(27)14-28-16-8-9-20-18(12-16)17-5-1-2-6-19(17)30-20/h3-4,7-12H,1-2,5-6,13-14H2. The second kappa shape index (κ2) is 7.67. The van der Waals surface area contributed by atoms with Crippen molar-refractivity contribution in [3.63, 3.8) is 0 Å². The number of ether oxygens (including phenoxy) is 2. The van der Waals surface area contributed by atoms with E-state index in [2.05, 4.69) is 4.98 Å². The molecule has 1 aliphatic carbocycles. The van der Waals surface area contributed by atoms with Crippen molar-refractivity contribution in [3.8, 4) is 5.75 Å². The number of furan rings is 1. The summed E-state index contributed by atoms with van der Waals surface area (Å²) in [7, 11) is 0. The number of carbonyl (C=O) groups is 1. The van der Waals surface area contributed by atoms with E-state index in [0.29, 0.717) is 17.1 Å². The molecule has 1 aromatic carbocycles. The predicted molar refractivity (Wildman–Crippen MR) is 110 cm³/mol. The van der Waals surface area contributed by atoms with Gasteiger partial charge in [-0.05, 0) is 49.6 Å². The van der Waals surface area contributed by atoms with E-state index in [1.165, 1.54) is 16.0 Å². The Morgan fingerprint density at radius 1 is 1.13 bits per heavy atom. The van der Waals surface area contributed by atoms with Gasteiger partial charge in [0.05, 0.1) is 5.69 Å². The number of nitrogens with zero attached hydrogens (tertiary/aromatic N) is 2. The Labute approximate surface area is 171 Å². The molecule has 3 aromatic heterocycles. The minimum Gasteiger partial charge on any atom is -0.482 e. The lowest BCUT2D eigenvalue weighted by Crippen LogP contribution is -2.18. The largest absolute Gasteiger partial charge is 0.482 e. The van der Waals surface area contributed by atoms with Crippen LogP contribution >= 0.6 is 0 Å². The van der Waals surface area contributed by atoms with Gasteiger partial charge in [0.15, 0.2) is 6.61 Å². The number of rotatable bonds is 5. The van der Waals surface area contributed by atoms with Crippen molar-refractivity contribution < 1.29 is 18.7 Å². The number of carbonyl (C=O) groups excluding carboxylic acids is 1. The summed E-state index contributed by atoms with van der Waals surface area (Å²) in [5, 5.41) is 1.05. The summed E-state index contributed by atoms with van der Waals surface area (Å²) in [5.74, 6) is 1.13. The minimum absolute atomic E-state index is 0.0862. The third-order valence-corrected chi connectivity index (χ3v) is 5.29. The number of fused-ring (bicyclic) bond motifs is 4. The van der Waals surface area contributed by atoms with Crippen molar-refractivity contribution in [1.82, 2.24) is 9.38 Å². The number of hydrogen-bond donors (Lipinski definition) is 0. The molecule has 0 fully saturated rings. The van der Waals surface area contributed by atoms with Crippen LogP contribution in [0.1, 0.15) is 29.9 Å². The second-order valence-corrected chi connectivity index (χ2v) is 7.33. The van der Waals surface area contributed by atoms with Gasteiger partial charge in [-0.1, -0.05) is 6.07 Å². The molecule has 0 aliphatic heterocycles. The van der Waals surface area contributed by atoms with Gasteiger partial charge in [-0.25, -0.2) is 9.78 Å². The highest BCUT2D eigenvalue weighted by Crippen LogP contribution is 2.33. The highest BCUT2D eigenvalue weighted by atomic mass is 16.6. The zero-order valence-electron chi connectivity index (χ0n) is 16.3. The van der Waals surface area contributed by atoms with Gasteiger partial charge in [0.2, 0.25) is 0 Å². The summed E-state index contributed by atoms with van der Waals surface area (Å²) in [6.45, 7) is -0.310. The SMILES string of the molecule is O=C(COc1ccc2oc3c(c2c1)CCCC3)OCc1cc(=O)n2ccccc2n1. The van der Waals surface area contributed by atoms with Gasteiger partial charge >= 0.3 is 5.97 Å². The molecule has 0 N–H and O–H groups in total. The normalized spacial score (nSPS) is 13.3. The topological polar surface area (TPSA) is 83.0 Å². The van der Waals surface area contributed by atoms with Crippen molar-refractivity contribution >= 4 is 22.6 Å². The van der Waals surface area contributed by atoms with Crippen LogP contribution in [0, 0.1) is 0 Å². The molecule has 3 heterocycles. The first-order chi connectivity index (χ1) is 14.7. The third-order valence-electron chi connectivity index (χ3n) is 5.29. The van der Waals surface area contributed by atoms with E-state index in [-0.39, 0.29) is 18.8 Å². The predicted octanol–water partition coefficient (Wildman–Crippen LogP) is 3.44. The van der Waals surface area contributed by atoms with Gasteiger partial charge in [-0.2, -0.15) is 0 Å². The number of esters is 1. The first kappa shape index (κ1) is 18.4. The molecule has 0 unspecified atom stereocenters. The van der Waals surface area contributed by atoms with Gasteiger partial charge in [0.1, 0.15) is 29.3 Å². The van der Waals surface area contributed by atoms with Crippen LogP contribution in [-0.2, 0) is 29.0 Å². The Bertz CT molecular complexity index is 1300. The van der Waals surface area contributed by atoms with E-state index in [0.717, 1.165) is 42.4 Å². The lowest BCUT2D eigenvalue weighted by Gasteiger charge is -2.09. The zero-order chi connectivity index (χ0) is 20.5. The van der Waals surface area contributed by atoms with E-state index in [4.69, 9.17) is 13.9 Å². The van der Waals surface area contributed by atoms with Gasteiger partial charge in [0, 0.05) is 29.6 Å². The number of benzene rings is 1. The number of hydrogen-bond acceptors (Lipinski definition) is 6. The summed E-state index contributed by atoms with van der Waals surface area (Å²) in [6, 6.07) is 12.2. The summed E-state index contributed by atoms with van der Waals surface area (Å²) in [5.41, 5.74) is 2.78. The number of pyridine rings is 1. The fourth-order valence-electron chi connectivity index (χ4n) is 3.85. The molecule has 0 saturated carbocycles. The van der Waals surface area contributed by atoms with Gasteiger partial charge in [0.25, 0.3) is 5.56 Å². The minimum atomic E-state index is -0.528. The maximum absolute atomic E-state index is 12.1. The molecule has 7 heteroatoms. The maximum Gasteiger partial charge on any atom is 0.344 e. The molecule has 4 aromatic rings. The highest BCUT2D eigenvalue weighted by Gasteiger charge is 2.18. The van der Waals surface area contributed by atoms with Gasteiger partial charge in [-0.3, -0.25) is 9.20 Å². The average molecular weight is 404 g/mol. The van der Waals surface area contributed by atoms with Crippen LogP contribution in [0.2, 0.25) is 0 Å².